The Labute approximate surface area is 92.6 Å². The lowest BCUT2D eigenvalue weighted by atomic mass is 10.0. The molecule has 0 amide bonds. The van der Waals surface area contributed by atoms with Gasteiger partial charge in [-0.15, -0.1) is 0 Å². The van der Waals surface area contributed by atoms with Crippen molar-refractivity contribution in [3.63, 3.8) is 0 Å². The van der Waals surface area contributed by atoms with Crippen LogP contribution in [-0.2, 0) is 9.53 Å². The summed E-state index contributed by atoms with van der Waals surface area (Å²) in [7, 11) is 0. The Morgan fingerprint density at radius 3 is 2.47 bits per heavy atom. The summed E-state index contributed by atoms with van der Waals surface area (Å²) >= 11 is 0. The van der Waals surface area contributed by atoms with Crippen LogP contribution in [0.4, 0.5) is 0 Å². The fourth-order valence-electron chi connectivity index (χ4n) is 1.81. The van der Waals surface area contributed by atoms with Crippen LogP contribution < -0.4 is 5.32 Å². The molecule has 15 heavy (non-hydrogen) atoms. The summed E-state index contributed by atoms with van der Waals surface area (Å²) in [4.78, 5) is 11.5. The molecular weight excluding hydrogens is 190 g/mol. The average molecular weight is 213 g/mol. The normalized spacial score (nSPS) is 19.7. The number of nitrogens with one attached hydrogen (secondary N) is 1. The standard InChI is InChI=1S/C12H23NO2/c1-4-10(11(14)15-6-3)13-9-12(5-2)7-8-12/h10,13H,4-9H2,1-3H3. The zero-order valence-electron chi connectivity index (χ0n) is 10.1. The Morgan fingerprint density at radius 2 is 2.07 bits per heavy atom. The topological polar surface area (TPSA) is 38.3 Å². The monoisotopic (exact) mass is 213 g/mol. The van der Waals surface area contributed by atoms with Gasteiger partial charge in [0.05, 0.1) is 6.61 Å². The first-order chi connectivity index (χ1) is 7.17. The molecule has 3 nitrogen and oxygen atoms in total. The maximum Gasteiger partial charge on any atom is 0.323 e. The first-order valence-electron chi connectivity index (χ1n) is 6.07. The maximum atomic E-state index is 11.5. The van der Waals surface area contributed by atoms with E-state index in [9.17, 15) is 4.79 Å². The van der Waals surface area contributed by atoms with Crippen LogP contribution in [0.15, 0.2) is 0 Å². The van der Waals surface area contributed by atoms with Crippen LogP contribution in [0.25, 0.3) is 0 Å². The molecular formula is C12H23NO2. The molecule has 1 unspecified atom stereocenters. The van der Waals surface area contributed by atoms with Crippen molar-refractivity contribution in [1.29, 1.82) is 0 Å². The third-order valence-corrected chi connectivity index (χ3v) is 3.41. The lowest BCUT2D eigenvalue weighted by molar-refractivity contribution is -0.145. The summed E-state index contributed by atoms with van der Waals surface area (Å²) in [5.74, 6) is -0.105. The van der Waals surface area contributed by atoms with Gasteiger partial charge in [-0.25, -0.2) is 0 Å². The number of ether oxygens (including phenoxy) is 1. The van der Waals surface area contributed by atoms with Crippen molar-refractivity contribution in [2.75, 3.05) is 13.2 Å². The molecule has 1 fully saturated rings. The number of carbonyl (C=O) groups excluding carboxylic acids is 1. The van der Waals surface area contributed by atoms with Crippen molar-refractivity contribution in [1.82, 2.24) is 5.32 Å². The number of hydrogen-bond acceptors (Lipinski definition) is 3. The fraction of sp³-hybridized carbons (Fsp3) is 0.917. The van der Waals surface area contributed by atoms with Gasteiger partial charge in [-0.05, 0) is 38.0 Å². The van der Waals surface area contributed by atoms with Gasteiger partial charge in [0.15, 0.2) is 0 Å². The van der Waals surface area contributed by atoms with Crippen molar-refractivity contribution >= 4 is 5.97 Å². The highest BCUT2D eigenvalue weighted by molar-refractivity contribution is 5.75. The van der Waals surface area contributed by atoms with Crippen LogP contribution in [0.5, 0.6) is 0 Å². The molecule has 0 saturated heterocycles. The molecule has 0 aromatic carbocycles. The van der Waals surface area contributed by atoms with Crippen LogP contribution in [0.1, 0.15) is 46.5 Å². The van der Waals surface area contributed by atoms with Gasteiger partial charge in [-0.1, -0.05) is 13.8 Å². The summed E-state index contributed by atoms with van der Waals surface area (Å²) in [5.41, 5.74) is 0.486. The Hall–Kier alpha value is -0.570. The van der Waals surface area contributed by atoms with Gasteiger partial charge in [0.1, 0.15) is 6.04 Å². The molecule has 0 aromatic rings. The molecule has 1 rings (SSSR count). The first-order valence-corrected chi connectivity index (χ1v) is 6.07. The van der Waals surface area contributed by atoms with E-state index < -0.39 is 0 Å². The SMILES string of the molecule is CCOC(=O)C(CC)NCC1(CC)CC1. The Bertz CT molecular complexity index is 212. The summed E-state index contributed by atoms with van der Waals surface area (Å²) < 4.78 is 5.01. The molecule has 1 N–H and O–H groups in total. The lowest BCUT2D eigenvalue weighted by Crippen LogP contribution is -2.40. The molecule has 0 bridgehead atoms. The molecule has 0 aliphatic heterocycles. The fourth-order valence-corrected chi connectivity index (χ4v) is 1.81. The van der Waals surface area contributed by atoms with Gasteiger partial charge in [0.25, 0.3) is 0 Å². The van der Waals surface area contributed by atoms with Gasteiger partial charge < -0.3 is 10.1 Å². The van der Waals surface area contributed by atoms with Gasteiger partial charge in [-0.2, -0.15) is 0 Å². The van der Waals surface area contributed by atoms with Crippen molar-refractivity contribution in [2.45, 2.75) is 52.5 Å². The number of carbonyl (C=O) groups is 1. The van der Waals surface area contributed by atoms with Crippen LogP contribution in [0, 0.1) is 5.41 Å². The molecule has 88 valence electrons. The predicted octanol–water partition coefficient (Wildman–Crippen LogP) is 2.11. The Kier molecular flexibility index (Phi) is 4.58. The summed E-state index contributed by atoms with van der Waals surface area (Å²) in [6, 6.07) is -0.117. The van der Waals surface area contributed by atoms with Gasteiger partial charge in [0.2, 0.25) is 0 Å². The highest BCUT2D eigenvalue weighted by Gasteiger charge is 2.40. The molecule has 0 aromatic heterocycles. The van der Waals surface area contributed by atoms with E-state index in [1.54, 1.807) is 0 Å². The van der Waals surface area contributed by atoms with Crippen molar-refractivity contribution < 1.29 is 9.53 Å². The quantitative estimate of drug-likeness (QED) is 0.658. The smallest absolute Gasteiger partial charge is 0.323 e. The minimum absolute atomic E-state index is 0.105. The van der Waals surface area contributed by atoms with Gasteiger partial charge in [-0.3, -0.25) is 4.79 Å². The number of hydrogen-bond donors (Lipinski definition) is 1. The second-order valence-corrected chi connectivity index (χ2v) is 4.45. The third kappa shape index (κ3) is 3.49. The second kappa shape index (κ2) is 5.50. The van der Waals surface area contributed by atoms with E-state index in [-0.39, 0.29) is 12.0 Å². The lowest BCUT2D eigenvalue weighted by Gasteiger charge is -2.19. The highest BCUT2D eigenvalue weighted by atomic mass is 16.5. The Morgan fingerprint density at radius 1 is 1.40 bits per heavy atom. The number of esters is 1. The molecule has 1 saturated carbocycles. The first kappa shape index (κ1) is 12.5. The largest absolute Gasteiger partial charge is 0.465 e. The van der Waals surface area contributed by atoms with Crippen molar-refractivity contribution in [3.05, 3.63) is 0 Å². The van der Waals surface area contributed by atoms with Gasteiger partial charge in [0, 0.05) is 6.54 Å². The van der Waals surface area contributed by atoms with Crippen LogP contribution in [0.2, 0.25) is 0 Å². The molecule has 1 aliphatic rings. The summed E-state index contributed by atoms with van der Waals surface area (Å²) in [5, 5.41) is 3.33. The summed E-state index contributed by atoms with van der Waals surface area (Å²) in [6.45, 7) is 7.51. The van der Waals surface area contributed by atoms with Crippen LogP contribution >= 0.6 is 0 Å². The second-order valence-electron chi connectivity index (χ2n) is 4.45. The minimum Gasteiger partial charge on any atom is -0.465 e. The van der Waals surface area contributed by atoms with Crippen molar-refractivity contribution in [2.24, 2.45) is 5.41 Å². The molecule has 1 aliphatic carbocycles. The van der Waals surface area contributed by atoms with Gasteiger partial charge >= 0.3 is 5.97 Å². The minimum atomic E-state index is -0.117. The average Bonchev–Trinajstić information content (AvgIpc) is 3.00. The van der Waals surface area contributed by atoms with E-state index in [0.717, 1.165) is 13.0 Å². The predicted molar refractivity (Wildman–Crippen MR) is 60.7 cm³/mol. The van der Waals surface area contributed by atoms with E-state index in [4.69, 9.17) is 4.74 Å². The molecule has 0 radical (unpaired) electrons. The molecule has 0 spiro atoms. The van der Waals surface area contributed by atoms with Crippen LogP contribution in [0.3, 0.4) is 0 Å². The van der Waals surface area contributed by atoms with E-state index >= 15 is 0 Å². The van der Waals surface area contributed by atoms with Crippen molar-refractivity contribution in [3.8, 4) is 0 Å². The van der Waals surface area contributed by atoms with E-state index in [1.165, 1.54) is 19.3 Å². The zero-order valence-corrected chi connectivity index (χ0v) is 10.1. The molecule has 1 atom stereocenters. The Balaban J connectivity index is 2.30. The van der Waals surface area contributed by atoms with E-state index in [0.29, 0.717) is 12.0 Å². The molecule has 3 heteroatoms. The maximum absolute atomic E-state index is 11.5. The third-order valence-electron chi connectivity index (χ3n) is 3.41. The number of rotatable bonds is 7. The zero-order chi connectivity index (χ0) is 11.3. The van der Waals surface area contributed by atoms with Crippen LogP contribution in [-0.4, -0.2) is 25.2 Å². The molecule has 0 heterocycles. The van der Waals surface area contributed by atoms with E-state index in [2.05, 4.69) is 12.2 Å². The van der Waals surface area contributed by atoms with E-state index in [1.807, 2.05) is 13.8 Å². The highest BCUT2D eigenvalue weighted by Crippen LogP contribution is 2.47. The summed E-state index contributed by atoms with van der Waals surface area (Å²) in [6.07, 6.45) is 4.61.